The summed E-state index contributed by atoms with van der Waals surface area (Å²) in [6, 6.07) is 0. The van der Waals surface area contributed by atoms with Gasteiger partial charge in [-0.15, -0.1) is 0 Å². The lowest BCUT2D eigenvalue weighted by atomic mass is 10.3. The summed E-state index contributed by atoms with van der Waals surface area (Å²) in [6.07, 6.45) is 0. The zero-order valence-electron chi connectivity index (χ0n) is 11.3. The van der Waals surface area contributed by atoms with E-state index in [0.29, 0.717) is 0 Å². The van der Waals surface area contributed by atoms with E-state index in [9.17, 15) is 0 Å². The van der Waals surface area contributed by atoms with Crippen molar-refractivity contribution in [2.75, 3.05) is 32.8 Å². The summed E-state index contributed by atoms with van der Waals surface area (Å²) in [7, 11) is 0. The van der Waals surface area contributed by atoms with Crippen LogP contribution in [0, 0.1) is 0 Å². The van der Waals surface area contributed by atoms with Gasteiger partial charge < -0.3 is 4.74 Å². The number of rotatable bonds is 8. The molecule has 0 atom stereocenters. The largest absolute Gasteiger partial charge is 0.347 e. The zero-order valence-corrected chi connectivity index (χ0v) is 11.3. The van der Waals surface area contributed by atoms with E-state index in [1.165, 1.54) is 0 Å². The Labute approximate surface area is 95.4 Å². The van der Waals surface area contributed by atoms with Gasteiger partial charge in [-0.25, -0.2) is 0 Å². The van der Waals surface area contributed by atoms with Crippen LogP contribution in [0.2, 0.25) is 0 Å². The number of hydrogen-bond acceptors (Lipinski definition) is 3. The Bertz CT molecular complexity index is 142. The van der Waals surface area contributed by atoms with E-state index < -0.39 is 0 Å². The highest BCUT2D eigenvalue weighted by atomic mass is 16.5. The fraction of sp³-hybridized carbons (Fsp3) is 1.00. The Morgan fingerprint density at radius 3 is 1.33 bits per heavy atom. The molecule has 15 heavy (non-hydrogen) atoms. The molecule has 0 saturated heterocycles. The molecular weight excluding hydrogens is 188 g/mol. The van der Waals surface area contributed by atoms with E-state index in [-0.39, 0.29) is 5.85 Å². The topological polar surface area (TPSA) is 15.7 Å². The highest BCUT2D eigenvalue weighted by Gasteiger charge is 2.35. The molecule has 3 nitrogen and oxygen atoms in total. The average molecular weight is 216 g/mol. The van der Waals surface area contributed by atoms with Crippen LogP contribution < -0.4 is 0 Å². The molecule has 0 unspecified atom stereocenters. The molecule has 0 bridgehead atoms. The predicted octanol–water partition coefficient (Wildman–Crippen LogP) is 2.38. The van der Waals surface area contributed by atoms with E-state index in [0.717, 1.165) is 32.8 Å². The summed E-state index contributed by atoms with van der Waals surface area (Å²) >= 11 is 0. The summed E-state index contributed by atoms with van der Waals surface area (Å²) in [6.45, 7) is 17.8. The molecule has 0 fully saturated rings. The second-order valence-electron chi connectivity index (χ2n) is 3.71. The van der Waals surface area contributed by atoms with Crippen LogP contribution in [0.25, 0.3) is 0 Å². The van der Waals surface area contributed by atoms with Crippen LogP contribution in [0.4, 0.5) is 0 Å². The maximum absolute atomic E-state index is 5.97. The molecule has 0 aliphatic rings. The minimum atomic E-state index is -0.248. The van der Waals surface area contributed by atoms with E-state index in [1.807, 2.05) is 0 Å². The molecule has 0 aromatic heterocycles. The van der Waals surface area contributed by atoms with Crippen LogP contribution >= 0.6 is 0 Å². The van der Waals surface area contributed by atoms with Crippen molar-refractivity contribution in [2.45, 2.75) is 47.4 Å². The highest BCUT2D eigenvalue weighted by molar-refractivity contribution is 4.75. The van der Waals surface area contributed by atoms with Crippen molar-refractivity contribution >= 4 is 0 Å². The Kier molecular flexibility index (Phi) is 7.14. The maximum atomic E-state index is 5.97. The second-order valence-corrected chi connectivity index (χ2v) is 3.71. The van der Waals surface area contributed by atoms with Gasteiger partial charge in [0.15, 0.2) is 5.85 Å². The standard InChI is InChI=1S/C12H28N2O/c1-7-13(8-2)12(6,15-11-5)14(9-3)10-4/h7-11H2,1-6H3. The van der Waals surface area contributed by atoms with Gasteiger partial charge in [-0.2, -0.15) is 0 Å². The molecule has 0 aromatic carbocycles. The molecular formula is C12H28N2O. The molecule has 0 radical (unpaired) electrons. The summed E-state index contributed by atoms with van der Waals surface area (Å²) in [5.41, 5.74) is 0. The number of hydrogen-bond donors (Lipinski definition) is 0. The molecule has 92 valence electrons. The Hall–Kier alpha value is -0.120. The fourth-order valence-electron chi connectivity index (χ4n) is 2.28. The second kappa shape index (κ2) is 7.20. The Morgan fingerprint density at radius 1 is 0.800 bits per heavy atom. The summed E-state index contributed by atoms with van der Waals surface area (Å²) < 4.78 is 5.97. The van der Waals surface area contributed by atoms with Gasteiger partial charge in [-0.3, -0.25) is 9.80 Å². The lowest BCUT2D eigenvalue weighted by Crippen LogP contribution is -2.60. The van der Waals surface area contributed by atoms with Crippen molar-refractivity contribution in [1.29, 1.82) is 0 Å². The van der Waals surface area contributed by atoms with E-state index in [4.69, 9.17) is 4.74 Å². The smallest absolute Gasteiger partial charge is 0.176 e. The van der Waals surface area contributed by atoms with Crippen LogP contribution in [0.15, 0.2) is 0 Å². The van der Waals surface area contributed by atoms with E-state index >= 15 is 0 Å². The molecule has 0 aliphatic heterocycles. The average Bonchev–Trinajstić information content (AvgIpc) is 2.21. The van der Waals surface area contributed by atoms with Crippen molar-refractivity contribution in [3.05, 3.63) is 0 Å². The maximum Gasteiger partial charge on any atom is 0.176 e. The van der Waals surface area contributed by atoms with Gasteiger partial charge in [0, 0.05) is 6.61 Å². The summed E-state index contributed by atoms with van der Waals surface area (Å²) in [4.78, 5) is 4.73. The van der Waals surface area contributed by atoms with Gasteiger partial charge in [0.2, 0.25) is 0 Å². The van der Waals surface area contributed by atoms with E-state index in [2.05, 4.69) is 51.3 Å². The molecule has 0 N–H and O–H groups in total. The first-order valence-electron chi connectivity index (χ1n) is 6.24. The first-order chi connectivity index (χ1) is 7.10. The quantitative estimate of drug-likeness (QED) is 0.579. The minimum Gasteiger partial charge on any atom is -0.347 e. The van der Waals surface area contributed by atoms with Crippen molar-refractivity contribution in [1.82, 2.24) is 9.80 Å². The van der Waals surface area contributed by atoms with Crippen molar-refractivity contribution in [3.63, 3.8) is 0 Å². The Balaban J connectivity index is 4.82. The van der Waals surface area contributed by atoms with Gasteiger partial charge in [0.1, 0.15) is 0 Å². The van der Waals surface area contributed by atoms with Crippen LogP contribution in [-0.2, 0) is 4.74 Å². The lowest BCUT2D eigenvalue weighted by Gasteiger charge is -2.47. The molecule has 0 heterocycles. The monoisotopic (exact) mass is 216 g/mol. The fourth-order valence-corrected chi connectivity index (χ4v) is 2.28. The number of nitrogens with zero attached hydrogens (tertiary/aromatic N) is 2. The van der Waals surface area contributed by atoms with Crippen LogP contribution in [-0.4, -0.2) is 48.4 Å². The van der Waals surface area contributed by atoms with Crippen molar-refractivity contribution in [3.8, 4) is 0 Å². The molecule has 3 heteroatoms. The highest BCUT2D eigenvalue weighted by Crippen LogP contribution is 2.21. The number of ether oxygens (including phenoxy) is 1. The van der Waals surface area contributed by atoms with Crippen molar-refractivity contribution in [2.24, 2.45) is 0 Å². The summed E-state index contributed by atoms with van der Waals surface area (Å²) in [5.74, 6) is -0.248. The molecule has 0 saturated carbocycles. The van der Waals surface area contributed by atoms with Crippen molar-refractivity contribution < 1.29 is 4.74 Å². The van der Waals surface area contributed by atoms with Crippen LogP contribution in [0.1, 0.15) is 41.5 Å². The molecule has 0 amide bonds. The van der Waals surface area contributed by atoms with Gasteiger partial charge in [0.25, 0.3) is 0 Å². The van der Waals surface area contributed by atoms with Gasteiger partial charge >= 0.3 is 0 Å². The Morgan fingerprint density at radius 2 is 1.13 bits per heavy atom. The van der Waals surface area contributed by atoms with Gasteiger partial charge in [-0.1, -0.05) is 27.7 Å². The molecule has 0 rings (SSSR count). The normalized spacial score (nSPS) is 12.8. The SMILES string of the molecule is CCOC(C)(N(CC)CC)N(CC)CC. The van der Waals surface area contributed by atoms with Gasteiger partial charge in [0.05, 0.1) is 0 Å². The third-order valence-corrected chi connectivity index (χ3v) is 3.12. The third kappa shape index (κ3) is 3.44. The molecule has 0 spiro atoms. The van der Waals surface area contributed by atoms with Crippen LogP contribution in [0.5, 0.6) is 0 Å². The molecule has 0 aliphatic carbocycles. The molecule has 0 aromatic rings. The first kappa shape index (κ1) is 14.9. The summed E-state index contributed by atoms with van der Waals surface area (Å²) in [5, 5.41) is 0. The van der Waals surface area contributed by atoms with E-state index in [1.54, 1.807) is 0 Å². The lowest BCUT2D eigenvalue weighted by molar-refractivity contribution is -0.231. The first-order valence-corrected chi connectivity index (χ1v) is 6.24. The van der Waals surface area contributed by atoms with Crippen LogP contribution in [0.3, 0.4) is 0 Å². The van der Waals surface area contributed by atoms with Gasteiger partial charge in [-0.05, 0) is 40.0 Å². The third-order valence-electron chi connectivity index (χ3n) is 3.12. The predicted molar refractivity (Wildman–Crippen MR) is 65.9 cm³/mol. The minimum absolute atomic E-state index is 0.248. The zero-order chi connectivity index (χ0) is 11.9.